The van der Waals surface area contributed by atoms with E-state index in [2.05, 4.69) is 28.9 Å². The van der Waals surface area contributed by atoms with Crippen molar-refractivity contribution in [3.63, 3.8) is 0 Å². The molecule has 0 spiro atoms. The Morgan fingerprint density at radius 3 is 2.79 bits per heavy atom. The van der Waals surface area contributed by atoms with Crippen molar-refractivity contribution in [3.8, 4) is 0 Å². The molecule has 3 fully saturated rings. The van der Waals surface area contributed by atoms with Crippen molar-refractivity contribution >= 4 is 17.3 Å². The van der Waals surface area contributed by atoms with Gasteiger partial charge in [0.05, 0.1) is 5.41 Å². The van der Waals surface area contributed by atoms with Crippen LogP contribution in [0.3, 0.4) is 0 Å². The molecule has 2 aliphatic heterocycles. The lowest BCUT2D eigenvalue weighted by Crippen LogP contribution is -2.41. The van der Waals surface area contributed by atoms with Crippen LogP contribution in [-0.2, 0) is 11.3 Å². The fourth-order valence-corrected chi connectivity index (χ4v) is 5.64. The first-order valence-corrected chi connectivity index (χ1v) is 10.1. The average Bonchev–Trinajstić information content (AvgIpc) is 3.18. The number of nitrogens with zero attached hydrogens (tertiary/aromatic N) is 2. The van der Waals surface area contributed by atoms with Crippen LogP contribution in [0.15, 0.2) is 12.1 Å². The highest BCUT2D eigenvalue weighted by Crippen LogP contribution is 2.44. The predicted molar refractivity (Wildman–Crippen MR) is 96.3 cm³/mol. The number of carbonyl (C=O) groups is 1. The third-order valence-corrected chi connectivity index (χ3v) is 7.14. The molecule has 0 bridgehead atoms. The predicted octanol–water partition coefficient (Wildman–Crippen LogP) is 3.07. The zero-order chi connectivity index (χ0) is 16.7. The third kappa shape index (κ3) is 3.26. The summed E-state index contributed by atoms with van der Waals surface area (Å²) in [4.78, 5) is 19.9. The van der Waals surface area contributed by atoms with Crippen LogP contribution in [0.1, 0.15) is 35.4 Å². The number of carboxylic acids is 1. The summed E-state index contributed by atoms with van der Waals surface area (Å²) in [6.07, 6.45) is 4.52. The second kappa shape index (κ2) is 6.43. The van der Waals surface area contributed by atoms with Crippen LogP contribution in [-0.4, -0.2) is 53.6 Å². The van der Waals surface area contributed by atoms with E-state index in [0.29, 0.717) is 0 Å². The first-order chi connectivity index (χ1) is 11.5. The van der Waals surface area contributed by atoms with Gasteiger partial charge >= 0.3 is 5.97 Å². The van der Waals surface area contributed by atoms with Crippen LogP contribution in [0.5, 0.6) is 0 Å². The van der Waals surface area contributed by atoms with E-state index >= 15 is 0 Å². The zero-order valence-electron chi connectivity index (χ0n) is 14.5. The number of aliphatic carboxylic acids is 1. The van der Waals surface area contributed by atoms with Gasteiger partial charge in [-0.05, 0) is 57.2 Å². The van der Waals surface area contributed by atoms with Gasteiger partial charge in [-0.25, -0.2) is 0 Å². The van der Waals surface area contributed by atoms with Crippen molar-refractivity contribution in [2.24, 2.45) is 17.3 Å². The van der Waals surface area contributed by atoms with Crippen LogP contribution >= 0.6 is 11.3 Å². The van der Waals surface area contributed by atoms with Crippen LogP contribution in [0.4, 0.5) is 0 Å². The number of hydrogen-bond donors (Lipinski definition) is 1. The van der Waals surface area contributed by atoms with Gasteiger partial charge in [0.25, 0.3) is 0 Å². The molecule has 1 N–H and O–H groups in total. The number of likely N-dealkylation sites (tertiary alicyclic amines) is 2. The Kier molecular flexibility index (Phi) is 4.43. The summed E-state index contributed by atoms with van der Waals surface area (Å²) in [5.74, 6) is 0.556. The standard InChI is InChI=1S/C19H28N2O2S/c1-14-3-6-17(24-14)12-20-8-2-7-19(18(22)23)13-21(9-15-4-5-15)11-16(19)10-20/h3,6,15-16H,2,4-5,7-13H2,1H3,(H,22,23)/t16-,19-/m0/s1. The second-order valence-electron chi connectivity index (χ2n) is 8.15. The summed E-state index contributed by atoms with van der Waals surface area (Å²) in [7, 11) is 0. The highest BCUT2D eigenvalue weighted by atomic mass is 32.1. The van der Waals surface area contributed by atoms with Crippen LogP contribution in [0.2, 0.25) is 0 Å². The maximum absolute atomic E-state index is 12.2. The minimum atomic E-state index is -0.556. The van der Waals surface area contributed by atoms with Gasteiger partial charge in [0, 0.05) is 48.4 Å². The molecule has 2 atom stereocenters. The number of fused-ring (bicyclic) bond motifs is 1. The number of rotatable bonds is 5. The average molecular weight is 349 g/mol. The molecule has 24 heavy (non-hydrogen) atoms. The van der Waals surface area contributed by atoms with E-state index in [0.717, 1.165) is 58.0 Å². The van der Waals surface area contributed by atoms with Crippen molar-refractivity contribution in [2.45, 2.75) is 39.2 Å². The maximum Gasteiger partial charge on any atom is 0.311 e. The molecule has 1 aliphatic carbocycles. The van der Waals surface area contributed by atoms with E-state index in [1.54, 1.807) is 0 Å². The SMILES string of the molecule is Cc1ccc(CN2CCC[C@]3(C(=O)O)CN(CC4CC4)C[C@@H]3C2)s1. The van der Waals surface area contributed by atoms with Gasteiger partial charge < -0.3 is 10.0 Å². The molecule has 2 saturated heterocycles. The molecular weight excluding hydrogens is 320 g/mol. The lowest BCUT2D eigenvalue weighted by atomic mass is 9.75. The van der Waals surface area contributed by atoms with Crippen molar-refractivity contribution in [3.05, 3.63) is 21.9 Å². The maximum atomic E-state index is 12.2. The molecule has 1 saturated carbocycles. The Hall–Kier alpha value is -0.910. The van der Waals surface area contributed by atoms with Crippen LogP contribution in [0, 0.1) is 24.2 Å². The number of carboxylic acid groups (broad SMARTS) is 1. The van der Waals surface area contributed by atoms with Crippen molar-refractivity contribution in [2.75, 3.05) is 32.7 Å². The highest BCUT2D eigenvalue weighted by molar-refractivity contribution is 7.11. The van der Waals surface area contributed by atoms with E-state index in [1.807, 2.05) is 11.3 Å². The first kappa shape index (κ1) is 16.6. The summed E-state index contributed by atoms with van der Waals surface area (Å²) in [6.45, 7) is 7.97. The molecule has 1 aromatic heterocycles. The van der Waals surface area contributed by atoms with Gasteiger partial charge in [0.15, 0.2) is 0 Å². The fourth-order valence-electron chi connectivity index (χ4n) is 4.70. The lowest BCUT2D eigenvalue weighted by Gasteiger charge is -2.29. The minimum absolute atomic E-state index is 0.275. The molecule has 3 heterocycles. The lowest BCUT2D eigenvalue weighted by molar-refractivity contribution is -0.151. The van der Waals surface area contributed by atoms with E-state index in [-0.39, 0.29) is 5.92 Å². The summed E-state index contributed by atoms with van der Waals surface area (Å²) in [6, 6.07) is 4.41. The third-order valence-electron chi connectivity index (χ3n) is 6.16. The smallest absolute Gasteiger partial charge is 0.311 e. The van der Waals surface area contributed by atoms with Gasteiger partial charge in [-0.2, -0.15) is 0 Å². The quantitative estimate of drug-likeness (QED) is 0.888. The zero-order valence-corrected chi connectivity index (χ0v) is 15.4. The molecule has 5 heteroatoms. The van der Waals surface area contributed by atoms with Gasteiger partial charge in [0.2, 0.25) is 0 Å². The van der Waals surface area contributed by atoms with Gasteiger partial charge in [-0.3, -0.25) is 9.69 Å². The van der Waals surface area contributed by atoms with Gasteiger partial charge in [-0.15, -0.1) is 11.3 Å². The molecule has 132 valence electrons. The molecule has 4 rings (SSSR count). The van der Waals surface area contributed by atoms with Crippen molar-refractivity contribution in [1.29, 1.82) is 0 Å². The normalized spacial score (nSPS) is 31.8. The monoisotopic (exact) mass is 348 g/mol. The minimum Gasteiger partial charge on any atom is -0.481 e. The summed E-state index contributed by atoms with van der Waals surface area (Å²) < 4.78 is 0. The summed E-state index contributed by atoms with van der Waals surface area (Å²) in [5, 5.41) is 10.0. The Labute approximate surface area is 148 Å². The fraction of sp³-hybridized carbons (Fsp3) is 0.737. The molecule has 4 nitrogen and oxygen atoms in total. The largest absolute Gasteiger partial charge is 0.481 e. The van der Waals surface area contributed by atoms with E-state index in [9.17, 15) is 9.90 Å². The summed E-state index contributed by atoms with van der Waals surface area (Å²) >= 11 is 1.87. The van der Waals surface area contributed by atoms with E-state index in [4.69, 9.17) is 0 Å². The molecule has 0 aromatic carbocycles. The van der Waals surface area contributed by atoms with E-state index in [1.165, 1.54) is 22.6 Å². The Morgan fingerprint density at radius 2 is 2.12 bits per heavy atom. The van der Waals surface area contributed by atoms with Gasteiger partial charge in [0.1, 0.15) is 0 Å². The summed E-state index contributed by atoms with van der Waals surface area (Å²) in [5.41, 5.74) is -0.505. The highest BCUT2D eigenvalue weighted by Gasteiger charge is 2.53. The molecular formula is C19H28N2O2S. The number of thiophene rings is 1. The first-order valence-electron chi connectivity index (χ1n) is 9.28. The van der Waals surface area contributed by atoms with Crippen LogP contribution in [0.25, 0.3) is 0 Å². The Morgan fingerprint density at radius 1 is 1.33 bits per heavy atom. The van der Waals surface area contributed by atoms with Crippen LogP contribution < -0.4 is 0 Å². The topological polar surface area (TPSA) is 43.8 Å². The molecule has 3 aliphatic rings. The molecule has 1 aromatic rings. The Bertz CT molecular complexity index is 612. The second-order valence-corrected chi connectivity index (χ2v) is 9.52. The van der Waals surface area contributed by atoms with Crippen molar-refractivity contribution in [1.82, 2.24) is 9.80 Å². The molecule has 0 unspecified atom stereocenters. The number of aryl methyl sites for hydroxylation is 1. The molecule has 0 radical (unpaired) electrons. The van der Waals surface area contributed by atoms with E-state index < -0.39 is 11.4 Å². The van der Waals surface area contributed by atoms with Crippen molar-refractivity contribution < 1.29 is 9.90 Å². The van der Waals surface area contributed by atoms with Gasteiger partial charge in [-0.1, -0.05) is 0 Å². The Balaban J connectivity index is 1.48. The molecule has 0 amide bonds. The number of hydrogen-bond acceptors (Lipinski definition) is 4.